The standard InChI is InChI=1S/C15H19N5O3S/c1-23-8-7-17-10-16-19(15(17)24)11-18-6-2-3-12-4-5-13(20(21)22)9-14(12)18/h4-5,9-10H,2-3,6-8,11H2,1H3. The van der Waals surface area contributed by atoms with Crippen molar-refractivity contribution in [3.05, 3.63) is 45.0 Å². The molecule has 0 saturated heterocycles. The van der Waals surface area contributed by atoms with Crippen LogP contribution in [0, 0.1) is 14.9 Å². The van der Waals surface area contributed by atoms with Crippen molar-refractivity contribution in [2.24, 2.45) is 0 Å². The number of non-ortho nitro benzene ring substituents is 1. The minimum Gasteiger partial charge on any atom is -0.383 e. The molecule has 0 spiro atoms. The van der Waals surface area contributed by atoms with Crippen molar-refractivity contribution < 1.29 is 9.66 Å². The molecule has 0 radical (unpaired) electrons. The topological polar surface area (TPSA) is 78.4 Å². The van der Waals surface area contributed by atoms with Crippen molar-refractivity contribution in [2.75, 3.05) is 25.2 Å². The number of ether oxygens (including phenoxy) is 1. The van der Waals surface area contributed by atoms with Crippen LogP contribution < -0.4 is 4.90 Å². The highest BCUT2D eigenvalue weighted by molar-refractivity contribution is 7.71. The summed E-state index contributed by atoms with van der Waals surface area (Å²) in [5, 5.41) is 15.4. The molecular weight excluding hydrogens is 330 g/mol. The summed E-state index contributed by atoms with van der Waals surface area (Å²) in [6.45, 7) is 2.52. The summed E-state index contributed by atoms with van der Waals surface area (Å²) in [5.74, 6) is 0. The first-order valence-corrected chi connectivity index (χ1v) is 8.14. The van der Waals surface area contributed by atoms with Crippen LogP contribution in [0.1, 0.15) is 12.0 Å². The van der Waals surface area contributed by atoms with E-state index in [0.717, 1.165) is 30.6 Å². The van der Waals surface area contributed by atoms with Gasteiger partial charge in [0, 0.05) is 38.0 Å². The first-order valence-electron chi connectivity index (χ1n) is 7.73. The van der Waals surface area contributed by atoms with Gasteiger partial charge in [-0.05, 0) is 30.6 Å². The molecule has 0 fully saturated rings. The number of nitro groups is 1. The minimum absolute atomic E-state index is 0.106. The number of aryl methyl sites for hydroxylation is 1. The van der Waals surface area contributed by atoms with Crippen LogP contribution in [0.3, 0.4) is 0 Å². The predicted molar refractivity (Wildman–Crippen MR) is 91.7 cm³/mol. The van der Waals surface area contributed by atoms with Crippen LogP contribution in [0.25, 0.3) is 0 Å². The Hall–Kier alpha value is -2.26. The van der Waals surface area contributed by atoms with Crippen molar-refractivity contribution in [3.63, 3.8) is 0 Å². The van der Waals surface area contributed by atoms with Crippen LogP contribution in [0.15, 0.2) is 24.5 Å². The Bertz CT molecular complexity index is 801. The summed E-state index contributed by atoms with van der Waals surface area (Å²) >= 11 is 5.45. The molecule has 1 aliphatic rings. The van der Waals surface area contributed by atoms with Crippen LogP contribution >= 0.6 is 12.2 Å². The zero-order chi connectivity index (χ0) is 17.1. The molecule has 0 saturated carbocycles. The van der Waals surface area contributed by atoms with Crippen molar-refractivity contribution in [2.45, 2.75) is 26.1 Å². The first-order chi connectivity index (χ1) is 11.6. The average Bonchev–Trinajstić information content (AvgIpc) is 2.93. The van der Waals surface area contributed by atoms with Gasteiger partial charge in [-0.2, -0.15) is 5.10 Å². The maximum absolute atomic E-state index is 11.0. The fourth-order valence-corrected chi connectivity index (χ4v) is 3.12. The normalized spacial score (nSPS) is 13.8. The van der Waals surface area contributed by atoms with Gasteiger partial charge in [0.1, 0.15) is 13.0 Å². The molecule has 2 heterocycles. The molecule has 0 amide bonds. The SMILES string of the molecule is COCCn1cnn(CN2CCCc3ccc([N+](=O)[O-])cc32)c1=S. The number of anilines is 1. The fraction of sp³-hybridized carbons (Fsp3) is 0.467. The van der Waals surface area contributed by atoms with Crippen molar-refractivity contribution in [1.82, 2.24) is 14.3 Å². The smallest absolute Gasteiger partial charge is 0.271 e. The second-order valence-corrected chi connectivity index (χ2v) is 6.04. The molecule has 0 bridgehead atoms. The number of aromatic nitrogens is 3. The zero-order valence-electron chi connectivity index (χ0n) is 13.4. The number of methoxy groups -OCH3 is 1. The number of nitro benzene ring substituents is 1. The molecule has 0 unspecified atom stereocenters. The highest BCUT2D eigenvalue weighted by atomic mass is 32.1. The van der Waals surface area contributed by atoms with Crippen LogP contribution in [0.2, 0.25) is 0 Å². The Morgan fingerprint density at radius 2 is 2.29 bits per heavy atom. The number of fused-ring (bicyclic) bond motifs is 1. The maximum atomic E-state index is 11.0. The third-order valence-corrected chi connectivity index (χ3v) is 4.58. The van der Waals surface area contributed by atoms with Gasteiger partial charge in [-0.15, -0.1) is 0 Å². The third-order valence-electron chi connectivity index (χ3n) is 4.13. The van der Waals surface area contributed by atoms with Gasteiger partial charge in [-0.3, -0.25) is 10.1 Å². The molecule has 0 atom stereocenters. The van der Waals surface area contributed by atoms with E-state index >= 15 is 0 Å². The molecule has 1 aliphatic heterocycles. The predicted octanol–water partition coefficient (Wildman–Crippen LogP) is 2.38. The van der Waals surface area contributed by atoms with E-state index in [1.54, 1.807) is 30.3 Å². The Balaban J connectivity index is 1.85. The molecule has 8 nitrogen and oxygen atoms in total. The van der Waals surface area contributed by atoms with Crippen molar-refractivity contribution in [3.8, 4) is 0 Å². The zero-order valence-corrected chi connectivity index (χ0v) is 14.2. The van der Waals surface area contributed by atoms with Gasteiger partial charge in [-0.25, -0.2) is 4.68 Å². The Labute approximate surface area is 144 Å². The van der Waals surface area contributed by atoms with Crippen LogP contribution in [0.4, 0.5) is 11.4 Å². The summed E-state index contributed by atoms with van der Waals surface area (Å²) in [7, 11) is 1.64. The van der Waals surface area contributed by atoms with Gasteiger partial charge < -0.3 is 14.2 Å². The van der Waals surface area contributed by atoms with Gasteiger partial charge in [0.25, 0.3) is 5.69 Å². The summed E-state index contributed by atoms with van der Waals surface area (Å²) in [6, 6.07) is 5.05. The lowest BCUT2D eigenvalue weighted by molar-refractivity contribution is -0.384. The number of benzene rings is 1. The van der Waals surface area contributed by atoms with E-state index in [2.05, 4.69) is 10.00 Å². The van der Waals surface area contributed by atoms with E-state index in [9.17, 15) is 10.1 Å². The lowest BCUT2D eigenvalue weighted by atomic mass is 10.0. The molecule has 3 rings (SSSR count). The molecule has 128 valence electrons. The van der Waals surface area contributed by atoms with E-state index in [1.165, 1.54) is 0 Å². The Morgan fingerprint density at radius 1 is 1.46 bits per heavy atom. The second-order valence-electron chi connectivity index (χ2n) is 5.68. The molecule has 24 heavy (non-hydrogen) atoms. The number of nitrogens with zero attached hydrogens (tertiary/aromatic N) is 5. The monoisotopic (exact) mass is 349 g/mol. The molecule has 1 aromatic heterocycles. The van der Waals surface area contributed by atoms with Gasteiger partial charge in [0.05, 0.1) is 11.5 Å². The van der Waals surface area contributed by atoms with Gasteiger partial charge in [0.2, 0.25) is 0 Å². The molecule has 2 aromatic rings. The van der Waals surface area contributed by atoms with Gasteiger partial charge >= 0.3 is 0 Å². The van der Waals surface area contributed by atoms with E-state index in [0.29, 0.717) is 24.6 Å². The average molecular weight is 349 g/mol. The molecule has 1 aromatic carbocycles. The lowest BCUT2D eigenvalue weighted by Gasteiger charge is -2.30. The maximum Gasteiger partial charge on any atom is 0.271 e. The summed E-state index contributed by atoms with van der Waals surface area (Å²) in [4.78, 5) is 12.8. The van der Waals surface area contributed by atoms with Crippen LogP contribution in [-0.2, 0) is 24.4 Å². The van der Waals surface area contributed by atoms with Crippen molar-refractivity contribution >= 4 is 23.6 Å². The van der Waals surface area contributed by atoms with E-state index in [-0.39, 0.29) is 10.6 Å². The van der Waals surface area contributed by atoms with E-state index in [1.807, 2.05) is 10.6 Å². The van der Waals surface area contributed by atoms with E-state index in [4.69, 9.17) is 17.0 Å². The molecule has 9 heteroatoms. The Morgan fingerprint density at radius 3 is 3.04 bits per heavy atom. The molecule has 0 aliphatic carbocycles. The fourth-order valence-electron chi connectivity index (χ4n) is 2.87. The summed E-state index contributed by atoms with van der Waals surface area (Å²) < 4.78 is 9.27. The first kappa shape index (κ1) is 16.6. The highest BCUT2D eigenvalue weighted by Gasteiger charge is 2.21. The van der Waals surface area contributed by atoms with Crippen LogP contribution in [0.5, 0.6) is 0 Å². The summed E-state index contributed by atoms with van der Waals surface area (Å²) in [6.07, 6.45) is 3.62. The van der Waals surface area contributed by atoms with Crippen LogP contribution in [-0.4, -0.2) is 39.5 Å². The minimum atomic E-state index is -0.363. The second kappa shape index (κ2) is 7.10. The Kier molecular flexibility index (Phi) is 4.91. The lowest BCUT2D eigenvalue weighted by Crippen LogP contribution is -2.32. The molecule has 0 N–H and O–H groups in total. The summed E-state index contributed by atoms with van der Waals surface area (Å²) in [5.41, 5.74) is 2.12. The number of hydrogen-bond acceptors (Lipinski definition) is 6. The number of hydrogen-bond donors (Lipinski definition) is 0. The van der Waals surface area contributed by atoms with E-state index < -0.39 is 0 Å². The van der Waals surface area contributed by atoms with Gasteiger partial charge in [0.15, 0.2) is 4.77 Å². The van der Waals surface area contributed by atoms with Crippen molar-refractivity contribution in [1.29, 1.82) is 0 Å². The highest BCUT2D eigenvalue weighted by Crippen LogP contribution is 2.31. The molecular formula is C15H19N5O3S. The number of rotatable bonds is 6. The quantitative estimate of drug-likeness (QED) is 0.453. The largest absolute Gasteiger partial charge is 0.383 e. The van der Waals surface area contributed by atoms with Gasteiger partial charge in [-0.1, -0.05) is 6.07 Å². The third kappa shape index (κ3) is 3.31.